The SMILES string of the molecule is O=C(Nc1cccc(CN2CCCC2)n1)c1cccc2[nH]c(-c3ccc(Cl)cc3C(F)(F)F)nc12. The second-order valence-electron chi connectivity index (χ2n) is 8.43. The van der Waals surface area contributed by atoms with Crippen LogP contribution in [0, 0.1) is 0 Å². The highest BCUT2D eigenvalue weighted by atomic mass is 35.5. The van der Waals surface area contributed by atoms with Gasteiger partial charge in [-0.05, 0) is 68.4 Å². The largest absolute Gasteiger partial charge is 0.417 e. The number of carbonyl (C=O) groups excluding carboxylic acids is 1. The van der Waals surface area contributed by atoms with Crippen LogP contribution >= 0.6 is 11.6 Å². The van der Waals surface area contributed by atoms with Gasteiger partial charge in [-0.1, -0.05) is 23.7 Å². The molecular weight excluding hydrogens is 479 g/mol. The summed E-state index contributed by atoms with van der Waals surface area (Å²) in [6.07, 6.45) is -2.27. The molecule has 5 rings (SSSR count). The molecule has 1 saturated heterocycles. The summed E-state index contributed by atoms with van der Waals surface area (Å²) < 4.78 is 40.8. The number of aromatic nitrogens is 3. The van der Waals surface area contributed by atoms with Crippen LogP contribution in [0.2, 0.25) is 5.02 Å². The Morgan fingerprint density at radius 3 is 2.60 bits per heavy atom. The Morgan fingerprint density at radius 1 is 1.06 bits per heavy atom. The van der Waals surface area contributed by atoms with Crippen molar-refractivity contribution < 1.29 is 18.0 Å². The second kappa shape index (κ2) is 9.31. The van der Waals surface area contributed by atoms with Crippen LogP contribution in [-0.2, 0) is 12.7 Å². The molecule has 0 atom stereocenters. The van der Waals surface area contributed by atoms with Crippen molar-refractivity contribution in [2.75, 3.05) is 18.4 Å². The van der Waals surface area contributed by atoms with E-state index in [1.807, 2.05) is 12.1 Å². The first-order valence-electron chi connectivity index (χ1n) is 11.1. The predicted octanol–water partition coefficient (Wildman–Crippen LogP) is 6.15. The lowest BCUT2D eigenvalue weighted by Crippen LogP contribution is -2.20. The van der Waals surface area contributed by atoms with Crippen LogP contribution in [0.1, 0.15) is 34.5 Å². The molecule has 6 nitrogen and oxygen atoms in total. The molecule has 0 bridgehead atoms. The number of pyridine rings is 1. The second-order valence-corrected chi connectivity index (χ2v) is 8.86. The number of benzene rings is 2. The summed E-state index contributed by atoms with van der Waals surface area (Å²) in [7, 11) is 0. The van der Waals surface area contributed by atoms with Crippen LogP contribution in [0.25, 0.3) is 22.4 Å². The number of hydrogen-bond donors (Lipinski definition) is 2. The van der Waals surface area contributed by atoms with Crippen molar-refractivity contribution >= 4 is 34.4 Å². The van der Waals surface area contributed by atoms with E-state index in [9.17, 15) is 18.0 Å². The van der Waals surface area contributed by atoms with E-state index < -0.39 is 17.6 Å². The smallest absolute Gasteiger partial charge is 0.338 e. The van der Waals surface area contributed by atoms with Gasteiger partial charge in [0.05, 0.1) is 22.3 Å². The average molecular weight is 500 g/mol. The van der Waals surface area contributed by atoms with Crippen molar-refractivity contribution in [2.24, 2.45) is 0 Å². The lowest BCUT2D eigenvalue weighted by molar-refractivity contribution is -0.137. The molecule has 180 valence electrons. The third kappa shape index (κ3) is 5.01. The molecule has 1 aliphatic heterocycles. The molecule has 2 aromatic heterocycles. The first-order chi connectivity index (χ1) is 16.8. The standard InChI is InChI=1S/C25H21ClF3N5O/c26-15-9-10-17(19(13-15)25(27,28)29)23-31-20-7-4-6-18(22(20)33-23)24(35)32-21-8-3-5-16(30-21)14-34-11-1-2-12-34/h3-10,13H,1-2,11-12,14H2,(H,31,33)(H,30,32,35). The fraction of sp³-hybridized carbons (Fsp3) is 0.240. The highest BCUT2D eigenvalue weighted by Gasteiger charge is 2.35. The molecule has 0 saturated carbocycles. The molecule has 1 aliphatic rings. The van der Waals surface area contributed by atoms with Crippen LogP contribution in [0.4, 0.5) is 19.0 Å². The van der Waals surface area contributed by atoms with Crippen molar-refractivity contribution in [1.82, 2.24) is 19.9 Å². The van der Waals surface area contributed by atoms with Gasteiger partial charge in [-0.2, -0.15) is 13.2 Å². The Balaban J connectivity index is 1.44. The number of anilines is 1. The monoisotopic (exact) mass is 499 g/mol. The number of rotatable bonds is 5. The summed E-state index contributed by atoms with van der Waals surface area (Å²) in [4.78, 5) is 27.2. The molecule has 1 amide bonds. The summed E-state index contributed by atoms with van der Waals surface area (Å²) in [5.74, 6) is -0.0573. The van der Waals surface area contributed by atoms with Gasteiger partial charge in [0, 0.05) is 17.1 Å². The molecular formula is C25H21ClF3N5O. The first kappa shape index (κ1) is 23.3. The lowest BCUT2D eigenvalue weighted by atomic mass is 10.1. The number of carbonyl (C=O) groups is 1. The summed E-state index contributed by atoms with van der Waals surface area (Å²) >= 11 is 5.80. The van der Waals surface area contributed by atoms with Gasteiger partial charge in [0.25, 0.3) is 5.91 Å². The average Bonchev–Trinajstić information content (AvgIpc) is 3.48. The zero-order valence-corrected chi connectivity index (χ0v) is 19.2. The molecule has 0 aliphatic carbocycles. The van der Waals surface area contributed by atoms with Crippen molar-refractivity contribution in [3.63, 3.8) is 0 Å². The minimum Gasteiger partial charge on any atom is -0.338 e. The number of alkyl halides is 3. The number of fused-ring (bicyclic) bond motifs is 1. The van der Waals surface area contributed by atoms with Crippen LogP contribution in [0.5, 0.6) is 0 Å². The zero-order chi connectivity index (χ0) is 24.6. The third-order valence-corrected chi connectivity index (χ3v) is 6.17. The maximum atomic E-state index is 13.6. The topological polar surface area (TPSA) is 73.9 Å². The van der Waals surface area contributed by atoms with Gasteiger partial charge in [0.1, 0.15) is 17.2 Å². The number of H-pyrrole nitrogens is 1. The summed E-state index contributed by atoms with van der Waals surface area (Å²) in [5.41, 5.74) is 0.712. The molecule has 4 aromatic rings. The molecule has 3 heterocycles. The van der Waals surface area contributed by atoms with E-state index in [1.165, 1.54) is 25.0 Å². The third-order valence-electron chi connectivity index (χ3n) is 5.93. The summed E-state index contributed by atoms with van der Waals surface area (Å²) in [5, 5.41) is 2.76. The van der Waals surface area contributed by atoms with Gasteiger partial charge in [-0.25, -0.2) is 9.97 Å². The molecule has 0 unspecified atom stereocenters. The fourth-order valence-corrected chi connectivity index (χ4v) is 4.46. The van der Waals surface area contributed by atoms with Crippen molar-refractivity contribution in [2.45, 2.75) is 25.6 Å². The van der Waals surface area contributed by atoms with Gasteiger partial charge in [-0.15, -0.1) is 0 Å². The number of amides is 1. The lowest BCUT2D eigenvalue weighted by Gasteiger charge is -2.14. The highest BCUT2D eigenvalue weighted by molar-refractivity contribution is 6.30. The number of para-hydroxylation sites is 1. The number of nitrogens with one attached hydrogen (secondary N) is 2. The van der Waals surface area contributed by atoms with Crippen molar-refractivity contribution in [1.29, 1.82) is 0 Å². The molecule has 2 N–H and O–H groups in total. The quantitative estimate of drug-likeness (QED) is 0.345. The van der Waals surface area contributed by atoms with Gasteiger partial charge < -0.3 is 10.3 Å². The number of imidazole rings is 1. The fourth-order valence-electron chi connectivity index (χ4n) is 4.29. The van der Waals surface area contributed by atoms with E-state index in [0.29, 0.717) is 17.9 Å². The molecule has 0 radical (unpaired) electrons. The Kier molecular flexibility index (Phi) is 6.21. The van der Waals surface area contributed by atoms with Crippen molar-refractivity contribution in [3.8, 4) is 11.4 Å². The van der Waals surface area contributed by atoms with Crippen LogP contribution in [0.3, 0.4) is 0 Å². The maximum absolute atomic E-state index is 13.6. The number of nitrogens with zero attached hydrogens (tertiary/aromatic N) is 3. The Labute approximate surface area is 204 Å². The van der Waals surface area contributed by atoms with E-state index in [0.717, 1.165) is 24.8 Å². The predicted molar refractivity (Wildman–Crippen MR) is 128 cm³/mol. The van der Waals surface area contributed by atoms with E-state index in [4.69, 9.17) is 11.6 Å². The van der Waals surface area contributed by atoms with Gasteiger partial charge in [0.2, 0.25) is 0 Å². The van der Waals surface area contributed by atoms with Gasteiger partial charge >= 0.3 is 6.18 Å². The van der Waals surface area contributed by atoms with E-state index >= 15 is 0 Å². The molecule has 35 heavy (non-hydrogen) atoms. The number of likely N-dealkylation sites (tertiary alicyclic amines) is 1. The normalized spacial score (nSPS) is 14.5. The number of hydrogen-bond acceptors (Lipinski definition) is 4. The molecule has 2 aromatic carbocycles. The van der Waals surface area contributed by atoms with Crippen molar-refractivity contribution in [3.05, 3.63) is 76.4 Å². The van der Waals surface area contributed by atoms with Crippen LogP contribution in [0.15, 0.2) is 54.6 Å². The van der Waals surface area contributed by atoms with E-state index in [-0.39, 0.29) is 27.5 Å². The maximum Gasteiger partial charge on any atom is 0.417 e. The summed E-state index contributed by atoms with van der Waals surface area (Å²) in [6.45, 7) is 2.78. The van der Waals surface area contributed by atoms with E-state index in [1.54, 1.807) is 24.3 Å². The minimum absolute atomic E-state index is 0.00465. The van der Waals surface area contributed by atoms with Crippen LogP contribution in [-0.4, -0.2) is 38.8 Å². The zero-order valence-electron chi connectivity index (χ0n) is 18.5. The summed E-state index contributed by atoms with van der Waals surface area (Å²) in [6, 6.07) is 13.8. The first-order valence-corrected chi connectivity index (χ1v) is 11.5. The van der Waals surface area contributed by atoms with Gasteiger partial charge in [0.15, 0.2) is 0 Å². The molecule has 1 fully saturated rings. The molecule has 10 heteroatoms. The van der Waals surface area contributed by atoms with Gasteiger partial charge in [-0.3, -0.25) is 9.69 Å². The minimum atomic E-state index is -4.62. The Morgan fingerprint density at radius 2 is 1.83 bits per heavy atom. The van der Waals surface area contributed by atoms with E-state index in [2.05, 4.69) is 25.2 Å². The Hall–Kier alpha value is -3.43. The van der Waals surface area contributed by atoms with Crippen LogP contribution < -0.4 is 5.32 Å². The highest BCUT2D eigenvalue weighted by Crippen LogP contribution is 2.38. The number of halogens is 4. The number of aromatic amines is 1. The Bertz CT molecular complexity index is 1400. The molecule has 0 spiro atoms.